The van der Waals surface area contributed by atoms with Crippen LogP contribution in [-0.4, -0.2) is 53.1 Å². The SMILES string of the molecule is CCOC(=O)N(CCCO)[C@@H]1C=C[C@H](O)C1. The molecule has 16 heavy (non-hydrogen) atoms. The lowest BCUT2D eigenvalue weighted by atomic mass is 10.2. The summed E-state index contributed by atoms with van der Waals surface area (Å²) in [4.78, 5) is 13.2. The van der Waals surface area contributed by atoms with Crippen molar-refractivity contribution in [3.8, 4) is 0 Å². The number of aliphatic hydroxyl groups is 2. The zero-order valence-corrected chi connectivity index (χ0v) is 9.50. The first kappa shape index (κ1) is 13.0. The van der Waals surface area contributed by atoms with Crippen molar-refractivity contribution in [2.75, 3.05) is 19.8 Å². The highest BCUT2D eigenvalue weighted by molar-refractivity contribution is 5.68. The number of ether oxygens (including phenoxy) is 1. The van der Waals surface area contributed by atoms with E-state index in [2.05, 4.69) is 0 Å². The molecule has 0 spiro atoms. The maximum absolute atomic E-state index is 11.6. The highest BCUT2D eigenvalue weighted by Gasteiger charge is 2.27. The number of aliphatic hydroxyl groups excluding tert-OH is 2. The number of hydrogen-bond acceptors (Lipinski definition) is 4. The summed E-state index contributed by atoms with van der Waals surface area (Å²) in [6.45, 7) is 2.56. The number of amides is 1. The smallest absolute Gasteiger partial charge is 0.410 e. The van der Waals surface area contributed by atoms with E-state index < -0.39 is 6.10 Å². The molecule has 0 aliphatic heterocycles. The van der Waals surface area contributed by atoms with E-state index in [-0.39, 0.29) is 18.7 Å². The predicted molar refractivity (Wildman–Crippen MR) is 59.0 cm³/mol. The molecule has 0 fully saturated rings. The minimum Gasteiger partial charge on any atom is -0.450 e. The fraction of sp³-hybridized carbons (Fsp3) is 0.727. The fourth-order valence-corrected chi connectivity index (χ4v) is 1.73. The monoisotopic (exact) mass is 229 g/mol. The van der Waals surface area contributed by atoms with Crippen LogP contribution < -0.4 is 0 Å². The number of carbonyl (C=O) groups excluding carboxylic acids is 1. The second-order valence-electron chi connectivity index (χ2n) is 3.72. The Morgan fingerprint density at radius 1 is 1.56 bits per heavy atom. The molecule has 0 saturated carbocycles. The van der Waals surface area contributed by atoms with Crippen molar-refractivity contribution >= 4 is 6.09 Å². The Labute approximate surface area is 95.3 Å². The Morgan fingerprint density at radius 3 is 2.81 bits per heavy atom. The van der Waals surface area contributed by atoms with Gasteiger partial charge in [-0.3, -0.25) is 0 Å². The summed E-state index contributed by atoms with van der Waals surface area (Å²) < 4.78 is 4.94. The van der Waals surface area contributed by atoms with Gasteiger partial charge in [0.1, 0.15) is 0 Å². The van der Waals surface area contributed by atoms with E-state index in [1.807, 2.05) is 0 Å². The molecule has 5 heteroatoms. The Balaban J connectivity index is 2.56. The third-order valence-corrected chi connectivity index (χ3v) is 2.50. The molecule has 1 aliphatic rings. The van der Waals surface area contributed by atoms with Crippen LogP contribution in [0, 0.1) is 0 Å². The van der Waals surface area contributed by atoms with E-state index >= 15 is 0 Å². The summed E-state index contributed by atoms with van der Waals surface area (Å²) in [6, 6.07) is -0.124. The van der Waals surface area contributed by atoms with Crippen molar-refractivity contribution in [3.63, 3.8) is 0 Å². The van der Waals surface area contributed by atoms with Gasteiger partial charge in [0.15, 0.2) is 0 Å². The van der Waals surface area contributed by atoms with Crippen LogP contribution in [0.15, 0.2) is 12.2 Å². The largest absolute Gasteiger partial charge is 0.450 e. The maximum atomic E-state index is 11.6. The second-order valence-corrected chi connectivity index (χ2v) is 3.72. The minimum absolute atomic E-state index is 0.0366. The Hall–Kier alpha value is -1.07. The van der Waals surface area contributed by atoms with Crippen molar-refractivity contribution in [2.45, 2.75) is 31.9 Å². The van der Waals surface area contributed by atoms with Crippen molar-refractivity contribution in [2.24, 2.45) is 0 Å². The molecular formula is C11H19NO4. The summed E-state index contributed by atoms with van der Waals surface area (Å²) in [7, 11) is 0. The fourth-order valence-electron chi connectivity index (χ4n) is 1.73. The second kappa shape index (κ2) is 6.50. The minimum atomic E-state index is -0.490. The van der Waals surface area contributed by atoms with Crippen molar-refractivity contribution in [3.05, 3.63) is 12.2 Å². The Bertz CT molecular complexity index is 254. The van der Waals surface area contributed by atoms with Gasteiger partial charge in [-0.05, 0) is 13.3 Å². The van der Waals surface area contributed by atoms with Gasteiger partial charge >= 0.3 is 6.09 Å². The van der Waals surface area contributed by atoms with Gasteiger partial charge in [0.2, 0.25) is 0 Å². The maximum Gasteiger partial charge on any atom is 0.410 e. The van der Waals surface area contributed by atoms with Gasteiger partial charge in [-0.2, -0.15) is 0 Å². The van der Waals surface area contributed by atoms with Crippen LogP contribution in [0.4, 0.5) is 4.79 Å². The van der Waals surface area contributed by atoms with Crippen molar-refractivity contribution < 1.29 is 19.7 Å². The number of rotatable bonds is 5. The van der Waals surface area contributed by atoms with Gasteiger partial charge in [-0.1, -0.05) is 12.2 Å². The molecule has 0 bridgehead atoms. The zero-order valence-electron chi connectivity index (χ0n) is 9.50. The third-order valence-electron chi connectivity index (χ3n) is 2.50. The third kappa shape index (κ3) is 3.50. The standard InChI is InChI=1S/C11H19NO4/c1-2-16-11(15)12(6-3-7-13)9-4-5-10(14)8-9/h4-5,9-10,13-14H,2-3,6-8H2,1H3/t9-,10+/m1/s1. The molecule has 0 aromatic carbocycles. The summed E-state index contributed by atoms with van der Waals surface area (Å²) in [5.74, 6) is 0. The van der Waals surface area contributed by atoms with Crippen molar-refractivity contribution in [1.82, 2.24) is 4.90 Å². The van der Waals surface area contributed by atoms with Crippen LogP contribution in [0.5, 0.6) is 0 Å². The molecule has 0 saturated heterocycles. The van der Waals surface area contributed by atoms with E-state index in [1.165, 1.54) is 0 Å². The van der Waals surface area contributed by atoms with Crippen LogP contribution in [-0.2, 0) is 4.74 Å². The predicted octanol–water partition coefficient (Wildman–Crippen LogP) is 0.517. The Kier molecular flexibility index (Phi) is 5.28. The van der Waals surface area contributed by atoms with E-state index in [0.29, 0.717) is 26.0 Å². The van der Waals surface area contributed by atoms with E-state index in [4.69, 9.17) is 9.84 Å². The molecule has 0 heterocycles. The molecule has 2 atom stereocenters. The van der Waals surface area contributed by atoms with Crippen molar-refractivity contribution in [1.29, 1.82) is 0 Å². The van der Waals surface area contributed by atoms with Crippen LogP contribution in [0.3, 0.4) is 0 Å². The van der Waals surface area contributed by atoms with Crippen LogP contribution >= 0.6 is 0 Å². The average Bonchev–Trinajstić information content (AvgIpc) is 2.66. The molecule has 1 rings (SSSR count). The zero-order chi connectivity index (χ0) is 12.0. The van der Waals surface area contributed by atoms with E-state index in [0.717, 1.165) is 0 Å². The lowest BCUT2D eigenvalue weighted by Crippen LogP contribution is -2.40. The van der Waals surface area contributed by atoms with E-state index in [1.54, 1.807) is 24.0 Å². The molecule has 1 amide bonds. The van der Waals surface area contributed by atoms with Crippen LogP contribution in [0.25, 0.3) is 0 Å². The van der Waals surface area contributed by atoms with Gasteiger partial charge in [0.25, 0.3) is 0 Å². The lowest BCUT2D eigenvalue weighted by molar-refractivity contribution is 0.0881. The summed E-state index contributed by atoms with van der Waals surface area (Å²) >= 11 is 0. The molecule has 0 aromatic heterocycles. The van der Waals surface area contributed by atoms with E-state index in [9.17, 15) is 9.90 Å². The first-order chi connectivity index (χ1) is 7.69. The Morgan fingerprint density at radius 2 is 2.31 bits per heavy atom. The molecule has 5 nitrogen and oxygen atoms in total. The normalized spacial score (nSPS) is 23.4. The van der Waals surface area contributed by atoms with Gasteiger partial charge < -0.3 is 19.8 Å². The first-order valence-electron chi connectivity index (χ1n) is 5.59. The quantitative estimate of drug-likeness (QED) is 0.674. The molecule has 92 valence electrons. The van der Waals surface area contributed by atoms with Gasteiger partial charge in [0, 0.05) is 19.6 Å². The van der Waals surface area contributed by atoms with Gasteiger partial charge in [-0.25, -0.2) is 4.79 Å². The van der Waals surface area contributed by atoms with Gasteiger partial charge in [0.05, 0.1) is 18.8 Å². The van der Waals surface area contributed by atoms with Crippen LogP contribution in [0.1, 0.15) is 19.8 Å². The van der Waals surface area contributed by atoms with Crippen LogP contribution in [0.2, 0.25) is 0 Å². The summed E-state index contributed by atoms with van der Waals surface area (Å²) in [5.41, 5.74) is 0. The molecular weight excluding hydrogens is 210 g/mol. The molecule has 2 N–H and O–H groups in total. The number of nitrogens with zero attached hydrogens (tertiary/aromatic N) is 1. The van der Waals surface area contributed by atoms with Gasteiger partial charge in [-0.15, -0.1) is 0 Å². The number of carbonyl (C=O) groups is 1. The highest BCUT2D eigenvalue weighted by atomic mass is 16.6. The number of hydrogen-bond donors (Lipinski definition) is 2. The topological polar surface area (TPSA) is 70.0 Å². The molecule has 1 aliphatic carbocycles. The summed E-state index contributed by atoms with van der Waals surface area (Å²) in [6.07, 6.45) is 3.62. The molecule has 0 unspecified atom stereocenters. The molecule has 0 aromatic rings. The highest BCUT2D eigenvalue weighted by Crippen LogP contribution is 2.18. The first-order valence-corrected chi connectivity index (χ1v) is 5.59. The summed E-state index contributed by atoms with van der Waals surface area (Å²) in [5, 5.41) is 18.1. The lowest BCUT2D eigenvalue weighted by Gasteiger charge is -2.27. The molecule has 0 radical (unpaired) electrons. The average molecular weight is 229 g/mol.